The summed E-state index contributed by atoms with van der Waals surface area (Å²) in [7, 11) is 0. The fourth-order valence-electron chi connectivity index (χ4n) is 0.920. The second-order valence-electron chi connectivity index (χ2n) is 2.72. The Kier molecular flexibility index (Phi) is 4.50. The van der Waals surface area contributed by atoms with Gasteiger partial charge >= 0.3 is 6.09 Å². The molecular formula is C10H14N2O2. The fraction of sp³-hybridized carbons (Fsp3) is 0.300. The van der Waals surface area contributed by atoms with Gasteiger partial charge in [0.1, 0.15) is 6.61 Å². The van der Waals surface area contributed by atoms with E-state index in [0.29, 0.717) is 6.54 Å². The van der Waals surface area contributed by atoms with Crippen molar-refractivity contribution in [3.63, 3.8) is 0 Å². The van der Waals surface area contributed by atoms with Gasteiger partial charge < -0.3 is 4.74 Å². The summed E-state index contributed by atoms with van der Waals surface area (Å²) in [6, 6.07) is 9.53. The molecular weight excluding hydrogens is 180 g/mol. The Balaban J connectivity index is 2.24. The molecule has 0 aliphatic carbocycles. The van der Waals surface area contributed by atoms with E-state index in [-0.39, 0.29) is 6.61 Å². The molecule has 0 saturated heterocycles. The fourth-order valence-corrected chi connectivity index (χ4v) is 0.920. The molecule has 1 aromatic carbocycles. The Hall–Kier alpha value is -1.55. The maximum absolute atomic E-state index is 11.0. The average Bonchev–Trinajstić information content (AvgIpc) is 2.25. The van der Waals surface area contributed by atoms with E-state index < -0.39 is 6.09 Å². The number of carbonyl (C=O) groups excluding carboxylic acids is 1. The van der Waals surface area contributed by atoms with E-state index >= 15 is 0 Å². The molecule has 0 fully saturated rings. The van der Waals surface area contributed by atoms with Gasteiger partial charge in [0.05, 0.1) is 0 Å². The van der Waals surface area contributed by atoms with E-state index in [1.807, 2.05) is 37.3 Å². The number of hydrazine groups is 1. The Morgan fingerprint density at radius 1 is 1.36 bits per heavy atom. The highest BCUT2D eigenvalue weighted by Crippen LogP contribution is 1.99. The zero-order valence-corrected chi connectivity index (χ0v) is 8.12. The van der Waals surface area contributed by atoms with Crippen LogP contribution in [0.2, 0.25) is 0 Å². The minimum absolute atomic E-state index is 0.290. The predicted octanol–water partition coefficient (Wildman–Crippen LogP) is 1.44. The van der Waals surface area contributed by atoms with Crippen LogP contribution in [0.3, 0.4) is 0 Å². The Bertz CT molecular complexity index is 275. The first-order chi connectivity index (χ1) is 6.83. The normalized spacial score (nSPS) is 9.50. The molecule has 14 heavy (non-hydrogen) atoms. The lowest BCUT2D eigenvalue weighted by atomic mass is 10.2. The van der Waals surface area contributed by atoms with Crippen molar-refractivity contribution >= 4 is 6.09 Å². The van der Waals surface area contributed by atoms with Crippen LogP contribution >= 0.6 is 0 Å². The highest BCUT2D eigenvalue weighted by molar-refractivity contribution is 5.66. The zero-order valence-electron chi connectivity index (χ0n) is 8.12. The van der Waals surface area contributed by atoms with Gasteiger partial charge in [-0.1, -0.05) is 37.3 Å². The van der Waals surface area contributed by atoms with Crippen molar-refractivity contribution in [3.05, 3.63) is 35.9 Å². The van der Waals surface area contributed by atoms with Crippen LogP contribution in [0.15, 0.2) is 30.3 Å². The quantitative estimate of drug-likeness (QED) is 0.713. The number of hydrogen-bond donors (Lipinski definition) is 2. The molecule has 0 aliphatic rings. The lowest BCUT2D eigenvalue weighted by molar-refractivity contribution is 0.135. The van der Waals surface area contributed by atoms with Crippen LogP contribution in [-0.2, 0) is 11.3 Å². The lowest BCUT2D eigenvalue weighted by Gasteiger charge is -2.06. The first-order valence-corrected chi connectivity index (χ1v) is 4.52. The van der Waals surface area contributed by atoms with E-state index in [2.05, 4.69) is 10.9 Å². The molecule has 0 unspecified atom stereocenters. The van der Waals surface area contributed by atoms with Gasteiger partial charge in [-0.25, -0.2) is 10.2 Å². The summed E-state index contributed by atoms with van der Waals surface area (Å²) in [5, 5.41) is 0. The highest BCUT2D eigenvalue weighted by Gasteiger charge is 1.99. The number of amides is 1. The zero-order chi connectivity index (χ0) is 10.2. The molecule has 1 aromatic rings. The van der Waals surface area contributed by atoms with Crippen LogP contribution in [-0.4, -0.2) is 12.6 Å². The molecule has 0 spiro atoms. The van der Waals surface area contributed by atoms with Crippen LogP contribution in [0, 0.1) is 0 Å². The molecule has 0 saturated carbocycles. The van der Waals surface area contributed by atoms with Crippen molar-refractivity contribution in [1.29, 1.82) is 0 Å². The third-order valence-electron chi connectivity index (χ3n) is 1.58. The lowest BCUT2D eigenvalue weighted by Crippen LogP contribution is -2.37. The monoisotopic (exact) mass is 194 g/mol. The molecule has 4 nitrogen and oxygen atoms in total. The van der Waals surface area contributed by atoms with Crippen molar-refractivity contribution < 1.29 is 9.53 Å². The summed E-state index contributed by atoms with van der Waals surface area (Å²) >= 11 is 0. The summed E-state index contributed by atoms with van der Waals surface area (Å²) in [5.41, 5.74) is 6.02. The molecule has 0 atom stereocenters. The maximum Gasteiger partial charge on any atom is 0.421 e. The van der Waals surface area contributed by atoms with Crippen LogP contribution in [0.4, 0.5) is 4.79 Å². The van der Waals surface area contributed by atoms with Crippen LogP contribution < -0.4 is 10.9 Å². The van der Waals surface area contributed by atoms with Crippen LogP contribution in [0.5, 0.6) is 0 Å². The van der Waals surface area contributed by atoms with E-state index in [1.54, 1.807) is 0 Å². The molecule has 2 N–H and O–H groups in total. The van der Waals surface area contributed by atoms with Gasteiger partial charge in [-0.05, 0) is 5.56 Å². The van der Waals surface area contributed by atoms with Crippen molar-refractivity contribution in [3.8, 4) is 0 Å². The number of hydrogen-bond acceptors (Lipinski definition) is 3. The first-order valence-electron chi connectivity index (χ1n) is 4.52. The molecule has 0 aliphatic heterocycles. The number of ether oxygens (including phenoxy) is 1. The van der Waals surface area contributed by atoms with Crippen molar-refractivity contribution in [2.75, 3.05) is 6.54 Å². The van der Waals surface area contributed by atoms with Gasteiger partial charge in [-0.15, -0.1) is 0 Å². The predicted molar refractivity (Wildman–Crippen MR) is 53.4 cm³/mol. The molecule has 0 aromatic heterocycles. The summed E-state index contributed by atoms with van der Waals surface area (Å²) in [6.45, 7) is 2.84. The SMILES string of the molecule is CCNNC(=O)OCc1ccccc1. The molecule has 0 heterocycles. The minimum Gasteiger partial charge on any atom is -0.444 e. The Morgan fingerprint density at radius 3 is 2.71 bits per heavy atom. The number of nitrogens with one attached hydrogen (secondary N) is 2. The summed E-state index contributed by atoms with van der Waals surface area (Å²) < 4.78 is 4.92. The first kappa shape index (κ1) is 10.5. The smallest absolute Gasteiger partial charge is 0.421 e. The summed E-state index contributed by atoms with van der Waals surface area (Å²) in [6.07, 6.45) is -0.462. The van der Waals surface area contributed by atoms with E-state index in [1.165, 1.54) is 0 Å². The van der Waals surface area contributed by atoms with Crippen molar-refractivity contribution in [2.45, 2.75) is 13.5 Å². The minimum atomic E-state index is -0.462. The van der Waals surface area contributed by atoms with Gasteiger partial charge in [0.2, 0.25) is 0 Å². The van der Waals surface area contributed by atoms with Crippen molar-refractivity contribution in [1.82, 2.24) is 10.9 Å². The standard InChI is InChI=1S/C10H14N2O2/c1-2-11-12-10(13)14-8-9-6-4-3-5-7-9/h3-7,11H,2,8H2,1H3,(H,12,13). The number of carbonyl (C=O) groups is 1. The molecule has 0 bridgehead atoms. The second kappa shape index (κ2) is 5.99. The van der Waals surface area contributed by atoms with E-state index in [0.717, 1.165) is 5.56 Å². The largest absolute Gasteiger partial charge is 0.444 e. The van der Waals surface area contributed by atoms with Gasteiger partial charge in [0.15, 0.2) is 0 Å². The summed E-state index contributed by atoms with van der Waals surface area (Å²) in [5.74, 6) is 0. The topological polar surface area (TPSA) is 50.4 Å². The molecule has 76 valence electrons. The third kappa shape index (κ3) is 3.91. The second-order valence-corrected chi connectivity index (χ2v) is 2.72. The Labute approximate surface area is 83.2 Å². The average molecular weight is 194 g/mol. The molecule has 0 radical (unpaired) electrons. The molecule has 1 rings (SSSR count). The van der Waals surface area contributed by atoms with Crippen molar-refractivity contribution in [2.24, 2.45) is 0 Å². The van der Waals surface area contributed by atoms with Gasteiger partial charge in [0, 0.05) is 6.54 Å². The van der Waals surface area contributed by atoms with Crippen LogP contribution in [0.25, 0.3) is 0 Å². The molecule has 1 amide bonds. The highest BCUT2D eigenvalue weighted by atomic mass is 16.6. The van der Waals surface area contributed by atoms with Gasteiger partial charge in [-0.3, -0.25) is 5.43 Å². The Morgan fingerprint density at radius 2 is 2.07 bits per heavy atom. The third-order valence-corrected chi connectivity index (χ3v) is 1.58. The maximum atomic E-state index is 11.0. The summed E-state index contributed by atoms with van der Waals surface area (Å²) in [4.78, 5) is 11.0. The van der Waals surface area contributed by atoms with Crippen LogP contribution in [0.1, 0.15) is 12.5 Å². The number of rotatable bonds is 4. The van der Waals surface area contributed by atoms with Gasteiger partial charge in [0.25, 0.3) is 0 Å². The molecule has 4 heteroatoms. The van der Waals surface area contributed by atoms with E-state index in [4.69, 9.17) is 4.74 Å². The van der Waals surface area contributed by atoms with Gasteiger partial charge in [-0.2, -0.15) is 0 Å². The van der Waals surface area contributed by atoms with E-state index in [9.17, 15) is 4.79 Å². The number of benzene rings is 1.